The summed E-state index contributed by atoms with van der Waals surface area (Å²) in [6.45, 7) is 0.423. The quantitative estimate of drug-likeness (QED) is 0.480. The Morgan fingerprint density at radius 3 is 2.66 bits per heavy atom. The highest BCUT2D eigenvalue weighted by atomic mass is 19.3. The zero-order valence-electron chi connectivity index (χ0n) is 17.7. The lowest BCUT2D eigenvalue weighted by molar-refractivity contribution is -0.128. The summed E-state index contributed by atoms with van der Waals surface area (Å²) in [5, 5.41) is 0. The molecule has 2 aromatic carbocycles. The summed E-state index contributed by atoms with van der Waals surface area (Å²) in [6.07, 6.45) is 5.20. The minimum absolute atomic E-state index is 0.0359. The van der Waals surface area contributed by atoms with Gasteiger partial charge in [0.2, 0.25) is 5.91 Å². The second-order valence-electron chi connectivity index (χ2n) is 7.32. The van der Waals surface area contributed by atoms with Gasteiger partial charge in [-0.1, -0.05) is 36.4 Å². The van der Waals surface area contributed by atoms with Crippen LogP contribution in [0.5, 0.6) is 11.5 Å². The van der Waals surface area contributed by atoms with Crippen LogP contribution in [0.3, 0.4) is 0 Å². The van der Waals surface area contributed by atoms with Crippen molar-refractivity contribution in [3.63, 3.8) is 0 Å². The largest absolute Gasteiger partial charge is 0.490 e. The monoisotopic (exact) mass is 438 g/mol. The maximum atomic E-state index is 13.2. The third-order valence-electron chi connectivity index (χ3n) is 5.34. The third kappa shape index (κ3) is 4.66. The van der Waals surface area contributed by atoms with E-state index in [1.165, 1.54) is 12.1 Å². The zero-order valence-corrected chi connectivity index (χ0v) is 17.7. The molecule has 32 heavy (non-hydrogen) atoms. The first-order chi connectivity index (χ1) is 15.6. The van der Waals surface area contributed by atoms with Gasteiger partial charge in [-0.3, -0.25) is 4.79 Å². The molecule has 0 radical (unpaired) electrons. The molecule has 0 spiro atoms. The molecule has 1 unspecified atom stereocenters. The predicted octanol–water partition coefficient (Wildman–Crippen LogP) is 5.13. The molecule has 0 fully saturated rings. The van der Waals surface area contributed by atoms with Crippen LogP contribution in [0.1, 0.15) is 29.8 Å². The fourth-order valence-corrected chi connectivity index (χ4v) is 3.96. The van der Waals surface area contributed by atoms with Gasteiger partial charge >= 0.3 is 6.61 Å². The van der Waals surface area contributed by atoms with Crippen molar-refractivity contribution in [2.24, 2.45) is 0 Å². The molecular formula is C25H24F2N2O3. The molecule has 1 aliphatic heterocycles. The van der Waals surface area contributed by atoms with E-state index >= 15 is 0 Å². The number of benzene rings is 2. The van der Waals surface area contributed by atoms with Crippen LogP contribution in [0, 0.1) is 0 Å². The van der Waals surface area contributed by atoms with Crippen LogP contribution < -0.4 is 9.47 Å². The van der Waals surface area contributed by atoms with E-state index in [4.69, 9.17) is 4.74 Å². The van der Waals surface area contributed by atoms with E-state index in [1.807, 2.05) is 53.6 Å². The Morgan fingerprint density at radius 1 is 1.09 bits per heavy atom. The summed E-state index contributed by atoms with van der Waals surface area (Å²) in [4.78, 5) is 15.0. The number of carbonyl (C=O) groups is 1. The van der Waals surface area contributed by atoms with Crippen molar-refractivity contribution in [3.05, 3.63) is 89.8 Å². The van der Waals surface area contributed by atoms with Crippen molar-refractivity contribution in [3.8, 4) is 11.5 Å². The molecule has 1 amide bonds. The fraction of sp³-hybridized carbons (Fsp3) is 0.240. The molecule has 2 heterocycles. The molecule has 0 saturated heterocycles. The smallest absolute Gasteiger partial charge is 0.387 e. The molecule has 7 heteroatoms. The lowest BCUT2D eigenvalue weighted by Crippen LogP contribution is -2.41. The van der Waals surface area contributed by atoms with Crippen molar-refractivity contribution in [2.75, 3.05) is 13.2 Å². The maximum Gasteiger partial charge on any atom is 0.387 e. The normalized spacial score (nSPS) is 15.8. The standard InChI is InChI=1S/C25H24F2N2O3/c1-2-31-22-17-18(10-12-21(22)32-25(26)27)11-13-23(30)29-16-15-28-14-6-9-20(28)24(29)19-7-4-3-5-8-19/h3-14,17,24-25H,2,15-16H2,1H3. The minimum Gasteiger partial charge on any atom is -0.490 e. The van der Waals surface area contributed by atoms with Gasteiger partial charge in [0.25, 0.3) is 0 Å². The Morgan fingerprint density at radius 2 is 1.91 bits per heavy atom. The summed E-state index contributed by atoms with van der Waals surface area (Å²) >= 11 is 0. The van der Waals surface area contributed by atoms with Crippen molar-refractivity contribution in [1.29, 1.82) is 0 Å². The molecule has 1 aromatic heterocycles. The lowest BCUT2D eigenvalue weighted by atomic mass is 10.00. The number of hydrogen-bond donors (Lipinski definition) is 0. The van der Waals surface area contributed by atoms with E-state index < -0.39 is 6.61 Å². The van der Waals surface area contributed by atoms with Crippen LogP contribution in [0.15, 0.2) is 72.9 Å². The van der Waals surface area contributed by atoms with E-state index in [1.54, 1.807) is 25.1 Å². The number of halogens is 2. The average Bonchev–Trinajstić information content (AvgIpc) is 3.27. The summed E-state index contributed by atoms with van der Waals surface area (Å²) in [5.41, 5.74) is 2.76. The Balaban J connectivity index is 1.58. The summed E-state index contributed by atoms with van der Waals surface area (Å²) in [7, 11) is 0. The van der Waals surface area contributed by atoms with E-state index in [-0.39, 0.29) is 23.4 Å². The van der Waals surface area contributed by atoms with Gasteiger partial charge < -0.3 is 18.9 Å². The summed E-state index contributed by atoms with van der Waals surface area (Å²) < 4.78 is 37.3. The van der Waals surface area contributed by atoms with E-state index in [9.17, 15) is 13.6 Å². The highest BCUT2D eigenvalue weighted by molar-refractivity contribution is 5.92. The molecule has 1 atom stereocenters. The average molecular weight is 438 g/mol. The van der Waals surface area contributed by atoms with Crippen LogP contribution in [0.4, 0.5) is 8.78 Å². The Hall–Kier alpha value is -3.61. The first-order valence-corrected chi connectivity index (χ1v) is 10.5. The van der Waals surface area contributed by atoms with E-state index in [0.717, 1.165) is 17.8 Å². The summed E-state index contributed by atoms with van der Waals surface area (Å²) in [6, 6.07) is 18.4. The van der Waals surface area contributed by atoms with Gasteiger partial charge in [0, 0.05) is 31.1 Å². The number of alkyl halides is 2. The first-order valence-electron chi connectivity index (χ1n) is 10.5. The Kier molecular flexibility index (Phi) is 6.54. The van der Waals surface area contributed by atoms with E-state index in [0.29, 0.717) is 18.7 Å². The van der Waals surface area contributed by atoms with Crippen molar-refractivity contribution >= 4 is 12.0 Å². The van der Waals surface area contributed by atoms with Gasteiger partial charge in [-0.15, -0.1) is 0 Å². The number of amides is 1. The van der Waals surface area contributed by atoms with Crippen molar-refractivity contribution in [1.82, 2.24) is 9.47 Å². The second-order valence-corrected chi connectivity index (χ2v) is 7.32. The van der Waals surface area contributed by atoms with Crippen LogP contribution in [-0.4, -0.2) is 35.1 Å². The van der Waals surface area contributed by atoms with Gasteiger partial charge in [0.15, 0.2) is 11.5 Å². The highest BCUT2D eigenvalue weighted by Crippen LogP contribution is 2.33. The predicted molar refractivity (Wildman–Crippen MR) is 118 cm³/mol. The number of carbonyl (C=O) groups excluding carboxylic acids is 1. The van der Waals surface area contributed by atoms with Crippen molar-refractivity contribution in [2.45, 2.75) is 26.1 Å². The topological polar surface area (TPSA) is 43.7 Å². The first kappa shape index (κ1) is 21.6. The Bertz CT molecular complexity index is 1100. The molecule has 3 aromatic rings. The SMILES string of the molecule is CCOc1cc(C=CC(=O)N2CCn3cccc3C2c2ccccc2)ccc1OC(F)F. The number of ether oxygens (including phenoxy) is 2. The second kappa shape index (κ2) is 9.68. The fourth-order valence-electron chi connectivity index (χ4n) is 3.96. The van der Waals surface area contributed by atoms with Crippen LogP contribution in [0.25, 0.3) is 6.08 Å². The van der Waals surface area contributed by atoms with Crippen LogP contribution in [0.2, 0.25) is 0 Å². The molecular weight excluding hydrogens is 414 g/mol. The number of aromatic nitrogens is 1. The number of fused-ring (bicyclic) bond motifs is 1. The van der Waals surface area contributed by atoms with E-state index in [2.05, 4.69) is 9.30 Å². The molecule has 1 aliphatic rings. The number of hydrogen-bond acceptors (Lipinski definition) is 3. The van der Waals surface area contributed by atoms with Gasteiger partial charge in [-0.25, -0.2) is 0 Å². The van der Waals surface area contributed by atoms with Gasteiger partial charge in [0.05, 0.1) is 12.6 Å². The van der Waals surface area contributed by atoms with Crippen LogP contribution >= 0.6 is 0 Å². The van der Waals surface area contributed by atoms with Gasteiger partial charge in [0.1, 0.15) is 0 Å². The summed E-state index contributed by atoms with van der Waals surface area (Å²) in [5.74, 6) is 0.0452. The maximum absolute atomic E-state index is 13.2. The number of rotatable bonds is 7. The lowest BCUT2D eigenvalue weighted by Gasteiger charge is -2.36. The number of nitrogens with zero attached hydrogens (tertiary/aromatic N) is 2. The van der Waals surface area contributed by atoms with Gasteiger partial charge in [-0.05, 0) is 48.4 Å². The molecule has 4 rings (SSSR count). The zero-order chi connectivity index (χ0) is 22.5. The van der Waals surface area contributed by atoms with Crippen molar-refractivity contribution < 1.29 is 23.0 Å². The molecule has 5 nitrogen and oxygen atoms in total. The van der Waals surface area contributed by atoms with Gasteiger partial charge in [-0.2, -0.15) is 8.78 Å². The third-order valence-corrected chi connectivity index (χ3v) is 5.34. The molecule has 0 bridgehead atoms. The minimum atomic E-state index is -2.94. The molecule has 0 saturated carbocycles. The van der Waals surface area contributed by atoms with Crippen LogP contribution in [-0.2, 0) is 11.3 Å². The highest BCUT2D eigenvalue weighted by Gasteiger charge is 2.30. The molecule has 0 N–H and O–H groups in total. The Labute approximate surface area is 185 Å². The molecule has 166 valence electrons. The molecule has 0 aliphatic carbocycles.